The fourth-order valence-electron chi connectivity index (χ4n) is 2.31. The van der Waals surface area contributed by atoms with Crippen LogP contribution >= 0.6 is 0 Å². The second-order valence-corrected chi connectivity index (χ2v) is 7.64. The highest BCUT2D eigenvalue weighted by Gasteiger charge is 2.23. The molecule has 0 aliphatic heterocycles. The van der Waals surface area contributed by atoms with E-state index in [1.807, 2.05) is 38.1 Å². The predicted molar refractivity (Wildman–Crippen MR) is 85.6 cm³/mol. The van der Waals surface area contributed by atoms with Crippen molar-refractivity contribution in [3.63, 3.8) is 0 Å². The van der Waals surface area contributed by atoms with E-state index >= 15 is 0 Å². The Morgan fingerprint density at radius 3 is 2.40 bits per heavy atom. The normalized spacial score (nSPS) is 15.0. The van der Waals surface area contributed by atoms with Crippen molar-refractivity contribution in [2.45, 2.75) is 45.9 Å². The molecule has 0 radical (unpaired) electrons. The van der Waals surface area contributed by atoms with Crippen LogP contribution in [-0.4, -0.2) is 26.8 Å². The van der Waals surface area contributed by atoms with Crippen LogP contribution in [0.25, 0.3) is 0 Å². The van der Waals surface area contributed by atoms with Crippen LogP contribution in [0.2, 0.25) is 0 Å². The van der Waals surface area contributed by atoms with Gasteiger partial charge in [0.15, 0.2) is 9.84 Å². The molecule has 0 saturated carbocycles. The highest BCUT2D eigenvalue weighted by atomic mass is 32.2. The van der Waals surface area contributed by atoms with Gasteiger partial charge in [-0.2, -0.15) is 0 Å². The van der Waals surface area contributed by atoms with Crippen molar-refractivity contribution >= 4 is 9.84 Å². The molecule has 20 heavy (non-hydrogen) atoms. The van der Waals surface area contributed by atoms with Crippen molar-refractivity contribution < 1.29 is 8.42 Å². The van der Waals surface area contributed by atoms with Gasteiger partial charge in [-0.3, -0.25) is 0 Å². The van der Waals surface area contributed by atoms with Crippen LogP contribution in [-0.2, 0) is 15.6 Å². The van der Waals surface area contributed by atoms with E-state index in [1.54, 1.807) is 0 Å². The van der Waals surface area contributed by atoms with Crippen LogP contribution in [0, 0.1) is 12.8 Å². The SMILES string of the molecule is CCNC(CS(=O)(=O)Cc1ccccc1C)C(C)CC. The number of sulfone groups is 1. The monoisotopic (exact) mass is 297 g/mol. The summed E-state index contributed by atoms with van der Waals surface area (Å²) in [5.74, 6) is 0.712. The van der Waals surface area contributed by atoms with Crippen molar-refractivity contribution in [1.82, 2.24) is 5.32 Å². The Hall–Kier alpha value is -0.870. The number of benzene rings is 1. The lowest BCUT2D eigenvalue weighted by atomic mass is 10.0. The molecule has 1 aromatic rings. The summed E-state index contributed by atoms with van der Waals surface area (Å²) in [7, 11) is -3.10. The first-order chi connectivity index (χ1) is 9.39. The first kappa shape index (κ1) is 17.2. The second kappa shape index (κ2) is 7.79. The van der Waals surface area contributed by atoms with Crippen molar-refractivity contribution in [3.05, 3.63) is 35.4 Å². The number of aryl methyl sites for hydroxylation is 1. The molecule has 4 heteroatoms. The summed E-state index contributed by atoms with van der Waals surface area (Å²) in [5, 5.41) is 3.31. The van der Waals surface area contributed by atoms with Crippen LogP contribution in [0.3, 0.4) is 0 Å². The zero-order chi connectivity index (χ0) is 15.2. The summed E-state index contributed by atoms with van der Waals surface area (Å²) in [6, 6.07) is 7.74. The van der Waals surface area contributed by atoms with E-state index in [0.29, 0.717) is 5.92 Å². The van der Waals surface area contributed by atoms with Crippen molar-refractivity contribution in [2.24, 2.45) is 5.92 Å². The van der Waals surface area contributed by atoms with Crippen molar-refractivity contribution in [3.8, 4) is 0 Å². The quantitative estimate of drug-likeness (QED) is 0.802. The van der Waals surface area contributed by atoms with Crippen molar-refractivity contribution in [2.75, 3.05) is 12.3 Å². The maximum Gasteiger partial charge on any atom is 0.155 e. The molecule has 0 spiro atoms. The lowest BCUT2D eigenvalue weighted by Crippen LogP contribution is -2.40. The molecular formula is C16H27NO2S. The van der Waals surface area contributed by atoms with Gasteiger partial charge in [0.25, 0.3) is 0 Å². The summed E-state index contributed by atoms with van der Waals surface area (Å²) in [5.41, 5.74) is 1.95. The molecule has 3 nitrogen and oxygen atoms in total. The molecule has 0 aliphatic rings. The Morgan fingerprint density at radius 2 is 1.85 bits per heavy atom. The van der Waals surface area contributed by atoms with Crippen LogP contribution in [0.15, 0.2) is 24.3 Å². The maximum absolute atomic E-state index is 12.4. The van der Waals surface area contributed by atoms with Gasteiger partial charge < -0.3 is 5.32 Å². The van der Waals surface area contributed by atoms with Gasteiger partial charge in [0.05, 0.1) is 11.5 Å². The summed E-state index contributed by atoms with van der Waals surface area (Å²) < 4.78 is 24.8. The lowest BCUT2D eigenvalue weighted by Gasteiger charge is -2.23. The van der Waals surface area contributed by atoms with Crippen LogP contribution in [0.5, 0.6) is 0 Å². The molecule has 0 heterocycles. The molecule has 2 atom stereocenters. The van der Waals surface area contributed by atoms with Gasteiger partial charge in [-0.1, -0.05) is 51.5 Å². The maximum atomic E-state index is 12.4. The van der Waals surface area contributed by atoms with Gasteiger partial charge in [0.1, 0.15) is 0 Å². The smallest absolute Gasteiger partial charge is 0.155 e. The molecule has 0 aliphatic carbocycles. The third-order valence-corrected chi connectivity index (χ3v) is 5.49. The van der Waals surface area contributed by atoms with Gasteiger partial charge in [0.2, 0.25) is 0 Å². The molecule has 2 unspecified atom stereocenters. The minimum absolute atomic E-state index is 0.0408. The average Bonchev–Trinajstić information content (AvgIpc) is 2.39. The van der Waals surface area contributed by atoms with E-state index in [9.17, 15) is 8.42 Å². The number of hydrogen-bond donors (Lipinski definition) is 1. The zero-order valence-corrected chi connectivity index (χ0v) is 13.8. The first-order valence-electron chi connectivity index (χ1n) is 7.38. The lowest BCUT2D eigenvalue weighted by molar-refractivity contribution is 0.397. The molecule has 0 bridgehead atoms. The number of rotatable bonds is 8. The standard InChI is InChI=1S/C16H27NO2S/c1-5-13(3)16(17-6-2)12-20(18,19)11-15-10-8-7-9-14(15)4/h7-10,13,16-17H,5-6,11-12H2,1-4H3. The summed E-state index contributed by atoms with van der Waals surface area (Å²) in [4.78, 5) is 0. The van der Waals surface area contributed by atoms with E-state index in [4.69, 9.17) is 0 Å². The Morgan fingerprint density at radius 1 is 1.20 bits per heavy atom. The molecule has 0 saturated heterocycles. The third kappa shape index (κ3) is 5.25. The van der Waals surface area contributed by atoms with Crippen LogP contribution in [0.1, 0.15) is 38.3 Å². The van der Waals surface area contributed by atoms with Crippen molar-refractivity contribution in [1.29, 1.82) is 0 Å². The van der Waals surface area contributed by atoms with Gasteiger partial charge in [-0.05, 0) is 30.5 Å². The number of hydrogen-bond acceptors (Lipinski definition) is 3. The molecule has 0 aromatic heterocycles. The molecule has 0 amide bonds. The summed E-state index contributed by atoms with van der Waals surface area (Å²) >= 11 is 0. The van der Waals surface area contributed by atoms with Gasteiger partial charge in [-0.15, -0.1) is 0 Å². The van der Waals surface area contributed by atoms with Gasteiger partial charge >= 0.3 is 0 Å². The molecule has 114 valence electrons. The van der Waals surface area contributed by atoms with E-state index in [0.717, 1.165) is 24.1 Å². The van der Waals surface area contributed by atoms with Crippen LogP contribution in [0.4, 0.5) is 0 Å². The zero-order valence-electron chi connectivity index (χ0n) is 13.0. The third-order valence-electron chi connectivity index (χ3n) is 3.87. The molecular weight excluding hydrogens is 270 g/mol. The first-order valence-corrected chi connectivity index (χ1v) is 9.20. The Balaban J connectivity index is 2.80. The number of nitrogens with one attached hydrogen (secondary N) is 1. The topological polar surface area (TPSA) is 46.2 Å². The Labute approximate surface area is 123 Å². The largest absolute Gasteiger partial charge is 0.313 e. The minimum atomic E-state index is -3.10. The predicted octanol–water partition coefficient (Wildman–Crippen LogP) is 2.93. The highest BCUT2D eigenvalue weighted by molar-refractivity contribution is 7.90. The second-order valence-electron chi connectivity index (χ2n) is 5.53. The van der Waals surface area contributed by atoms with Crippen LogP contribution < -0.4 is 5.32 Å². The fraction of sp³-hybridized carbons (Fsp3) is 0.625. The van der Waals surface area contributed by atoms with E-state index in [-0.39, 0.29) is 17.5 Å². The molecule has 1 rings (SSSR count). The molecule has 1 N–H and O–H groups in total. The summed E-state index contributed by atoms with van der Waals surface area (Å²) in [6.07, 6.45) is 0.984. The van der Waals surface area contributed by atoms with Gasteiger partial charge in [0, 0.05) is 6.04 Å². The average molecular weight is 297 g/mol. The van der Waals surface area contributed by atoms with E-state index in [2.05, 4.69) is 19.2 Å². The minimum Gasteiger partial charge on any atom is -0.313 e. The molecule has 0 fully saturated rings. The van der Waals surface area contributed by atoms with E-state index < -0.39 is 9.84 Å². The summed E-state index contributed by atoms with van der Waals surface area (Å²) in [6.45, 7) is 8.99. The van der Waals surface area contributed by atoms with E-state index in [1.165, 1.54) is 0 Å². The Kier molecular flexibility index (Phi) is 6.69. The highest BCUT2D eigenvalue weighted by Crippen LogP contribution is 2.16. The molecule has 1 aromatic carbocycles. The fourth-order valence-corrected chi connectivity index (χ4v) is 4.22. The van der Waals surface area contributed by atoms with Gasteiger partial charge in [-0.25, -0.2) is 8.42 Å². The Bertz CT molecular complexity index is 511.